The average Bonchev–Trinajstić information content (AvgIpc) is 2.49. The summed E-state index contributed by atoms with van der Waals surface area (Å²) in [7, 11) is 0. The summed E-state index contributed by atoms with van der Waals surface area (Å²) in [6, 6.07) is 0. The maximum atomic E-state index is 11.3. The van der Waals surface area contributed by atoms with Crippen molar-refractivity contribution in [2.75, 3.05) is 6.61 Å². The van der Waals surface area contributed by atoms with Crippen LogP contribution in [-0.4, -0.2) is 29.0 Å². The van der Waals surface area contributed by atoms with Crippen molar-refractivity contribution < 1.29 is 14.7 Å². The van der Waals surface area contributed by atoms with E-state index in [1.54, 1.807) is 13.8 Å². The molecule has 0 unspecified atom stereocenters. The lowest BCUT2D eigenvalue weighted by Gasteiger charge is -1.99. The van der Waals surface area contributed by atoms with E-state index in [0.29, 0.717) is 23.4 Å². The van der Waals surface area contributed by atoms with Crippen LogP contribution in [0.25, 0.3) is 0 Å². The highest BCUT2D eigenvalue weighted by Gasteiger charge is 2.13. The van der Waals surface area contributed by atoms with Gasteiger partial charge in [0, 0.05) is 6.20 Å². The summed E-state index contributed by atoms with van der Waals surface area (Å²) in [5.41, 5.74) is 1.76. The minimum Gasteiger partial charge on any atom is -0.462 e. The summed E-state index contributed by atoms with van der Waals surface area (Å²) >= 11 is 0. The third-order valence-corrected chi connectivity index (χ3v) is 1.86. The second kappa shape index (κ2) is 4.45. The van der Waals surface area contributed by atoms with Crippen LogP contribution in [0.1, 0.15) is 28.5 Å². The van der Waals surface area contributed by atoms with Crippen LogP contribution in [0.15, 0.2) is 11.4 Å². The van der Waals surface area contributed by atoms with Crippen LogP contribution in [0.3, 0.4) is 0 Å². The number of nitrogens with one attached hydrogen (secondary N) is 1. The number of rotatable bonds is 3. The molecule has 76 valence electrons. The van der Waals surface area contributed by atoms with Gasteiger partial charge in [-0.15, -0.1) is 0 Å². The number of oxime groups is 1. The van der Waals surface area contributed by atoms with Crippen molar-refractivity contribution in [3.63, 3.8) is 0 Å². The highest BCUT2D eigenvalue weighted by atomic mass is 16.5. The molecule has 0 amide bonds. The molecule has 0 fully saturated rings. The summed E-state index contributed by atoms with van der Waals surface area (Å²) in [5.74, 6) is -0.376. The first kappa shape index (κ1) is 10.3. The topological polar surface area (TPSA) is 74.7 Å². The van der Waals surface area contributed by atoms with Crippen LogP contribution in [0.2, 0.25) is 0 Å². The molecule has 0 aliphatic rings. The smallest absolute Gasteiger partial charge is 0.339 e. The lowest BCUT2D eigenvalue weighted by molar-refractivity contribution is 0.0526. The van der Waals surface area contributed by atoms with E-state index < -0.39 is 0 Å². The zero-order chi connectivity index (χ0) is 10.6. The van der Waals surface area contributed by atoms with Gasteiger partial charge in [0.05, 0.1) is 24.1 Å². The van der Waals surface area contributed by atoms with Gasteiger partial charge in [0.2, 0.25) is 0 Å². The predicted molar refractivity (Wildman–Crippen MR) is 50.9 cm³/mol. The normalized spacial score (nSPS) is 10.7. The predicted octanol–water partition coefficient (Wildman–Crippen LogP) is 1.31. The number of esters is 1. The minimum atomic E-state index is -0.376. The van der Waals surface area contributed by atoms with Crippen molar-refractivity contribution in [2.24, 2.45) is 5.16 Å². The van der Waals surface area contributed by atoms with Crippen molar-refractivity contribution in [1.82, 2.24) is 4.98 Å². The number of carbonyl (C=O) groups excluding carboxylic acids is 1. The SMILES string of the molecule is CCOC(=O)c1c[nH]c(/C=N\O)c1C. The molecule has 5 heteroatoms. The maximum absolute atomic E-state index is 11.3. The van der Waals surface area contributed by atoms with Crippen LogP contribution < -0.4 is 0 Å². The molecule has 0 radical (unpaired) electrons. The Morgan fingerprint density at radius 1 is 1.79 bits per heavy atom. The number of nitrogens with zero attached hydrogens (tertiary/aromatic N) is 1. The van der Waals surface area contributed by atoms with Crippen LogP contribution in [-0.2, 0) is 4.74 Å². The number of aromatic amines is 1. The van der Waals surface area contributed by atoms with Gasteiger partial charge in [-0.25, -0.2) is 4.79 Å². The van der Waals surface area contributed by atoms with Crippen LogP contribution in [0, 0.1) is 6.92 Å². The highest BCUT2D eigenvalue weighted by Crippen LogP contribution is 2.12. The van der Waals surface area contributed by atoms with Crippen molar-refractivity contribution in [3.8, 4) is 0 Å². The summed E-state index contributed by atoms with van der Waals surface area (Å²) < 4.78 is 4.83. The number of hydrogen-bond acceptors (Lipinski definition) is 4. The van der Waals surface area contributed by atoms with Crippen LogP contribution >= 0.6 is 0 Å². The monoisotopic (exact) mass is 196 g/mol. The molecule has 0 bridgehead atoms. The molecule has 1 rings (SSSR count). The van der Waals surface area contributed by atoms with Gasteiger partial charge in [-0.1, -0.05) is 5.16 Å². The summed E-state index contributed by atoms with van der Waals surface area (Å²) in [4.78, 5) is 14.1. The fraction of sp³-hybridized carbons (Fsp3) is 0.333. The van der Waals surface area contributed by atoms with Gasteiger partial charge in [0.15, 0.2) is 0 Å². The molecule has 1 heterocycles. The molecule has 0 saturated carbocycles. The molecular formula is C9H12N2O3. The molecule has 5 nitrogen and oxygen atoms in total. The van der Waals surface area contributed by atoms with Gasteiger partial charge in [-0.2, -0.15) is 0 Å². The van der Waals surface area contributed by atoms with E-state index in [0.717, 1.165) is 0 Å². The van der Waals surface area contributed by atoms with Crippen molar-refractivity contribution >= 4 is 12.2 Å². The number of H-pyrrole nitrogens is 1. The van der Waals surface area contributed by atoms with Crippen molar-refractivity contribution in [3.05, 3.63) is 23.0 Å². The molecule has 0 aliphatic carbocycles. The Morgan fingerprint density at radius 3 is 3.07 bits per heavy atom. The van der Waals surface area contributed by atoms with Gasteiger partial charge < -0.3 is 14.9 Å². The van der Waals surface area contributed by atoms with Gasteiger partial charge in [0.1, 0.15) is 0 Å². The number of aromatic nitrogens is 1. The van der Waals surface area contributed by atoms with Crippen molar-refractivity contribution in [2.45, 2.75) is 13.8 Å². The first-order chi connectivity index (χ1) is 6.70. The Bertz CT molecular complexity index is 355. The second-order valence-electron chi connectivity index (χ2n) is 2.71. The molecular weight excluding hydrogens is 184 g/mol. The number of carbonyl (C=O) groups is 1. The van der Waals surface area contributed by atoms with Crippen molar-refractivity contribution in [1.29, 1.82) is 0 Å². The largest absolute Gasteiger partial charge is 0.462 e. The standard InChI is InChI=1S/C9H12N2O3/c1-3-14-9(12)7-4-10-8(5-11-13)6(7)2/h4-5,10,13H,3H2,1-2H3/b11-5-. The Kier molecular flexibility index (Phi) is 3.28. The Morgan fingerprint density at radius 2 is 2.50 bits per heavy atom. The zero-order valence-electron chi connectivity index (χ0n) is 8.07. The molecule has 0 saturated heterocycles. The molecule has 0 aliphatic heterocycles. The average molecular weight is 196 g/mol. The highest BCUT2D eigenvalue weighted by molar-refractivity contribution is 5.94. The van der Waals surface area contributed by atoms with Crippen LogP contribution in [0.4, 0.5) is 0 Å². The summed E-state index contributed by atoms with van der Waals surface area (Å²) in [5, 5.41) is 11.2. The molecule has 0 aromatic carbocycles. The quantitative estimate of drug-likeness (QED) is 0.331. The van der Waals surface area contributed by atoms with Crippen LogP contribution in [0.5, 0.6) is 0 Å². The first-order valence-corrected chi connectivity index (χ1v) is 4.23. The van der Waals surface area contributed by atoms with E-state index in [9.17, 15) is 4.79 Å². The van der Waals surface area contributed by atoms with Gasteiger partial charge in [0.25, 0.3) is 0 Å². The molecule has 1 aromatic heterocycles. The molecule has 0 atom stereocenters. The number of ether oxygens (including phenoxy) is 1. The molecule has 14 heavy (non-hydrogen) atoms. The molecule has 2 N–H and O–H groups in total. The number of hydrogen-bond donors (Lipinski definition) is 2. The van der Waals surface area contributed by atoms with E-state index in [2.05, 4.69) is 10.1 Å². The van der Waals surface area contributed by atoms with Gasteiger partial charge >= 0.3 is 5.97 Å². The summed E-state index contributed by atoms with van der Waals surface area (Å²) in [6.45, 7) is 3.84. The third kappa shape index (κ3) is 1.93. The Labute approximate surface area is 81.4 Å². The zero-order valence-corrected chi connectivity index (χ0v) is 8.07. The Balaban J connectivity index is 2.94. The fourth-order valence-electron chi connectivity index (χ4n) is 1.12. The van der Waals surface area contributed by atoms with Gasteiger partial charge in [-0.3, -0.25) is 0 Å². The van der Waals surface area contributed by atoms with E-state index in [1.165, 1.54) is 12.4 Å². The van der Waals surface area contributed by atoms with E-state index in [-0.39, 0.29) is 5.97 Å². The van der Waals surface area contributed by atoms with Gasteiger partial charge in [-0.05, 0) is 19.4 Å². The third-order valence-electron chi connectivity index (χ3n) is 1.86. The first-order valence-electron chi connectivity index (χ1n) is 4.23. The second-order valence-corrected chi connectivity index (χ2v) is 2.71. The fourth-order valence-corrected chi connectivity index (χ4v) is 1.12. The lowest BCUT2D eigenvalue weighted by atomic mass is 10.2. The summed E-state index contributed by atoms with van der Waals surface area (Å²) in [6.07, 6.45) is 2.77. The van der Waals surface area contributed by atoms with E-state index in [4.69, 9.17) is 9.94 Å². The van der Waals surface area contributed by atoms with E-state index >= 15 is 0 Å². The lowest BCUT2D eigenvalue weighted by Crippen LogP contribution is -2.04. The maximum Gasteiger partial charge on any atom is 0.339 e. The Hall–Kier alpha value is -1.78. The van der Waals surface area contributed by atoms with E-state index in [1.807, 2.05) is 0 Å². The molecule has 1 aromatic rings. The minimum absolute atomic E-state index is 0.340. The molecule has 0 spiro atoms.